The summed E-state index contributed by atoms with van der Waals surface area (Å²) in [6, 6.07) is -1.41. The Kier molecular flexibility index (Phi) is 3.78. The van der Waals surface area contributed by atoms with E-state index in [0.29, 0.717) is 11.6 Å². The van der Waals surface area contributed by atoms with Gasteiger partial charge in [0, 0.05) is 5.75 Å². The summed E-state index contributed by atoms with van der Waals surface area (Å²) in [5.41, 5.74) is 4.84. The number of carboxylic acid groups (broad SMARTS) is 1. The van der Waals surface area contributed by atoms with Crippen molar-refractivity contribution in [2.45, 2.75) is 6.04 Å². The first-order chi connectivity index (χ1) is 7.02. The average Bonchev–Trinajstić information content (AvgIpc) is 2.62. The number of urea groups is 1. The van der Waals surface area contributed by atoms with Crippen LogP contribution in [0.25, 0.3) is 0 Å². The van der Waals surface area contributed by atoms with Crippen LogP contribution in [0.5, 0.6) is 0 Å². The Bertz CT molecular complexity index is 296. The first kappa shape index (κ1) is 11.6. The fourth-order valence-corrected chi connectivity index (χ4v) is 2.26. The maximum absolute atomic E-state index is 11.4. The lowest BCUT2D eigenvalue weighted by Crippen LogP contribution is -2.48. The van der Waals surface area contributed by atoms with Crippen molar-refractivity contribution in [2.75, 3.05) is 18.2 Å². The lowest BCUT2D eigenvalue weighted by atomic mass is 10.3. The van der Waals surface area contributed by atoms with Crippen molar-refractivity contribution in [3.8, 4) is 0 Å². The van der Waals surface area contributed by atoms with E-state index in [1.807, 2.05) is 0 Å². The zero-order valence-electron chi connectivity index (χ0n) is 7.80. The molecule has 1 aliphatic heterocycles. The van der Waals surface area contributed by atoms with Crippen LogP contribution in [0.1, 0.15) is 0 Å². The van der Waals surface area contributed by atoms with Crippen LogP contribution in [0.4, 0.5) is 4.79 Å². The molecule has 8 heteroatoms. The van der Waals surface area contributed by atoms with E-state index in [2.05, 4.69) is 5.32 Å². The minimum atomic E-state index is -1.05. The second-order valence-corrected chi connectivity index (χ2v) is 3.95. The van der Waals surface area contributed by atoms with Crippen LogP contribution in [0.2, 0.25) is 0 Å². The van der Waals surface area contributed by atoms with Crippen molar-refractivity contribution in [1.82, 2.24) is 10.2 Å². The highest BCUT2D eigenvalue weighted by atomic mass is 32.2. The van der Waals surface area contributed by atoms with Gasteiger partial charge in [-0.15, -0.1) is 11.8 Å². The van der Waals surface area contributed by atoms with Crippen LogP contribution < -0.4 is 11.1 Å². The van der Waals surface area contributed by atoms with E-state index >= 15 is 0 Å². The number of nitrogens with one attached hydrogen (secondary N) is 1. The van der Waals surface area contributed by atoms with E-state index in [1.165, 1.54) is 11.8 Å². The van der Waals surface area contributed by atoms with Crippen molar-refractivity contribution in [3.05, 3.63) is 0 Å². The monoisotopic (exact) mass is 233 g/mol. The van der Waals surface area contributed by atoms with E-state index in [-0.39, 0.29) is 6.54 Å². The lowest BCUT2D eigenvalue weighted by Gasteiger charge is -2.20. The molecule has 4 N–H and O–H groups in total. The molecule has 1 heterocycles. The number of hydrogen-bond donors (Lipinski definition) is 3. The summed E-state index contributed by atoms with van der Waals surface area (Å²) in [6.07, 6.45) is 0. The SMILES string of the molecule is NC(=O)CNC(=O)N1CSCC1C(=O)O. The van der Waals surface area contributed by atoms with Crippen LogP contribution >= 0.6 is 11.8 Å². The molecule has 15 heavy (non-hydrogen) atoms. The van der Waals surface area contributed by atoms with E-state index < -0.39 is 23.9 Å². The molecule has 0 aromatic heterocycles. The van der Waals surface area contributed by atoms with Crippen molar-refractivity contribution in [3.63, 3.8) is 0 Å². The molecule has 0 radical (unpaired) electrons. The van der Waals surface area contributed by atoms with Gasteiger partial charge < -0.3 is 21.1 Å². The van der Waals surface area contributed by atoms with E-state index in [4.69, 9.17) is 10.8 Å². The first-order valence-electron chi connectivity index (χ1n) is 4.15. The minimum absolute atomic E-state index is 0.285. The van der Waals surface area contributed by atoms with Crippen LogP contribution in [0.15, 0.2) is 0 Å². The quantitative estimate of drug-likeness (QED) is 0.557. The van der Waals surface area contributed by atoms with Gasteiger partial charge in [-0.3, -0.25) is 4.79 Å². The summed E-state index contributed by atoms with van der Waals surface area (Å²) in [4.78, 5) is 33.7. The Morgan fingerprint density at radius 3 is 2.73 bits per heavy atom. The standard InChI is InChI=1S/C7H11N3O4S/c8-5(11)1-9-7(14)10-3-15-2-4(10)6(12)13/h4H,1-3H2,(H2,8,11)(H,9,14)(H,12,13). The largest absolute Gasteiger partial charge is 0.480 e. The van der Waals surface area contributed by atoms with E-state index in [0.717, 1.165) is 4.90 Å². The highest BCUT2D eigenvalue weighted by molar-refractivity contribution is 7.99. The molecule has 1 aliphatic rings. The normalized spacial score (nSPS) is 20.0. The number of primary amides is 1. The molecule has 1 fully saturated rings. The van der Waals surface area contributed by atoms with Gasteiger partial charge in [0.2, 0.25) is 5.91 Å². The summed E-state index contributed by atoms with van der Waals surface area (Å²) in [5.74, 6) is -1.04. The molecule has 0 spiro atoms. The molecule has 3 amide bonds. The molecule has 1 saturated heterocycles. The predicted octanol–water partition coefficient (Wildman–Crippen LogP) is -1.36. The topological polar surface area (TPSA) is 113 Å². The number of carbonyl (C=O) groups is 3. The third kappa shape index (κ3) is 3.01. The Labute approximate surface area is 90.0 Å². The third-order valence-corrected chi connectivity index (χ3v) is 2.85. The molecule has 0 bridgehead atoms. The summed E-state index contributed by atoms with van der Waals surface area (Å²) in [7, 11) is 0. The molecule has 0 aromatic carbocycles. The second-order valence-electron chi connectivity index (χ2n) is 2.95. The lowest BCUT2D eigenvalue weighted by molar-refractivity contribution is -0.140. The number of aliphatic carboxylic acids is 1. The van der Waals surface area contributed by atoms with Crippen LogP contribution in [0, 0.1) is 0 Å². The van der Waals surface area contributed by atoms with Crippen molar-refractivity contribution in [2.24, 2.45) is 5.73 Å². The second kappa shape index (κ2) is 4.87. The van der Waals surface area contributed by atoms with Crippen molar-refractivity contribution in [1.29, 1.82) is 0 Å². The van der Waals surface area contributed by atoms with Gasteiger partial charge in [-0.05, 0) is 0 Å². The third-order valence-electron chi connectivity index (χ3n) is 1.84. The van der Waals surface area contributed by atoms with Crippen LogP contribution in [-0.4, -0.2) is 52.1 Å². The summed E-state index contributed by atoms with van der Waals surface area (Å²) in [5, 5.41) is 11.0. The molecular formula is C7H11N3O4S. The minimum Gasteiger partial charge on any atom is -0.480 e. The van der Waals surface area contributed by atoms with Gasteiger partial charge >= 0.3 is 12.0 Å². The van der Waals surface area contributed by atoms with Gasteiger partial charge in [0.05, 0.1) is 12.4 Å². The number of carbonyl (C=O) groups excluding carboxylic acids is 2. The number of nitrogens with zero attached hydrogens (tertiary/aromatic N) is 1. The van der Waals surface area contributed by atoms with Crippen molar-refractivity contribution < 1.29 is 19.5 Å². The molecule has 1 unspecified atom stereocenters. The van der Waals surface area contributed by atoms with Crippen LogP contribution in [0.3, 0.4) is 0 Å². The highest BCUT2D eigenvalue weighted by Crippen LogP contribution is 2.20. The van der Waals surface area contributed by atoms with E-state index in [1.54, 1.807) is 0 Å². The molecule has 0 aromatic rings. The molecule has 7 nitrogen and oxygen atoms in total. The Morgan fingerprint density at radius 1 is 1.53 bits per heavy atom. The fraction of sp³-hybridized carbons (Fsp3) is 0.571. The van der Waals surface area contributed by atoms with Gasteiger partial charge in [0.1, 0.15) is 6.04 Å². The molecule has 1 rings (SSSR count). The number of hydrogen-bond acceptors (Lipinski definition) is 4. The molecule has 0 aliphatic carbocycles. The van der Waals surface area contributed by atoms with Crippen LogP contribution in [-0.2, 0) is 9.59 Å². The number of rotatable bonds is 3. The number of nitrogens with two attached hydrogens (primary N) is 1. The molecule has 1 atom stereocenters. The predicted molar refractivity (Wildman–Crippen MR) is 53.2 cm³/mol. The van der Waals surface area contributed by atoms with Gasteiger partial charge in [-0.25, -0.2) is 9.59 Å². The smallest absolute Gasteiger partial charge is 0.327 e. The van der Waals surface area contributed by atoms with Crippen molar-refractivity contribution >= 4 is 29.7 Å². The van der Waals surface area contributed by atoms with Gasteiger partial charge in [-0.1, -0.05) is 0 Å². The molecule has 0 saturated carbocycles. The number of amides is 3. The maximum atomic E-state index is 11.4. The highest BCUT2D eigenvalue weighted by Gasteiger charge is 2.34. The average molecular weight is 233 g/mol. The molecule has 84 valence electrons. The molecular weight excluding hydrogens is 222 g/mol. The maximum Gasteiger partial charge on any atom is 0.327 e. The first-order valence-corrected chi connectivity index (χ1v) is 5.31. The zero-order valence-corrected chi connectivity index (χ0v) is 8.62. The summed E-state index contributed by atoms with van der Waals surface area (Å²) >= 11 is 1.35. The number of thioether (sulfide) groups is 1. The Hall–Kier alpha value is -1.44. The summed E-state index contributed by atoms with van der Waals surface area (Å²) < 4.78 is 0. The fourth-order valence-electron chi connectivity index (χ4n) is 1.11. The zero-order chi connectivity index (χ0) is 11.4. The number of carboxylic acids is 1. The Balaban J connectivity index is 2.51. The van der Waals surface area contributed by atoms with E-state index in [9.17, 15) is 14.4 Å². The Morgan fingerprint density at radius 2 is 2.20 bits per heavy atom. The summed E-state index contributed by atoms with van der Waals surface area (Å²) in [6.45, 7) is -0.285. The van der Waals surface area contributed by atoms with Gasteiger partial charge in [0.25, 0.3) is 0 Å². The van der Waals surface area contributed by atoms with Gasteiger partial charge in [0.15, 0.2) is 0 Å². The van der Waals surface area contributed by atoms with Gasteiger partial charge in [-0.2, -0.15) is 0 Å².